The highest BCUT2D eigenvalue weighted by molar-refractivity contribution is 5.77. The predicted molar refractivity (Wildman–Crippen MR) is 69.9 cm³/mol. The third-order valence-electron chi connectivity index (χ3n) is 4.60. The number of likely N-dealkylation sites (N-methyl/N-ethyl adjacent to an activating group) is 1. The third kappa shape index (κ3) is 2.82. The minimum atomic E-state index is 0.0610. The molecule has 0 aromatic heterocycles. The SMILES string of the molecule is CNCC1(C)CCCN1C(=O)CCC1CCC1. The van der Waals surface area contributed by atoms with Gasteiger partial charge in [-0.1, -0.05) is 19.3 Å². The van der Waals surface area contributed by atoms with Gasteiger partial charge < -0.3 is 10.2 Å². The van der Waals surface area contributed by atoms with E-state index in [-0.39, 0.29) is 5.54 Å². The van der Waals surface area contributed by atoms with Crippen molar-refractivity contribution in [3.05, 3.63) is 0 Å². The van der Waals surface area contributed by atoms with Crippen molar-refractivity contribution in [3.8, 4) is 0 Å². The first-order valence-electron chi connectivity index (χ1n) is 7.11. The van der Waals surface area contributed by atoms with E-state index >= 15 is 0 Å². The van der Waals surface area contributed by atoms with Gasteiger partial charge in [-0.25, -0.2) is 0 Å². The van der Waals surface area contributed by atoms with Crippen molar-refractivity contribution in [2.75, 3.05) is 20.1 Å². The van der Waals surface area contributed by atoms with Crippen LogP contribution in [0.4, 0.5) is 0 Å². The summed E-state index contributed by atoms with van der Waals surface area (Å²) in [5.74, 6) is 1.23. The zero-order valence-corrected chi connectivity index (χ0v) is 11.3. The van der Waals surface area contributed by atoms with E-state index in [4.69, 9.17) is 0 Å². The van der Waals surface area contributed by atoms with Gasteiger partial charge in [0.1, 0.15) is 0 Å². The summed E-state index contributed by atoms with van der Waals surface area (Å²) in [6.07, 6.45) is 8.26. The number of likely N-dealkylation sites (tertiary alicyclic amines) is 1. The Morgan fingerprint density at radius 2 is 2.18 bits per heavy atom. The molecule has 0 spiro atoms. The first-order valence-corrected chi connectivity index (χ1v) is 7.11. The van der Waals surface area contributed by atoms with Crippen molar-refractivity contribution in [1.29, 1.82) is 0 Å². The molecule has 1 aliphatic carbocycles. The highest BCUT2D eigenvalue weighted by Crippen LogP contribution is 2.33. The highest BCUT2D eigenvalue weighted by atomic mass is 16.2. The zero-order valence-electron chi connectivity index (χ0n) is 11.3. The second-order valence-corrected chi connectivity index (χ2v) is 6.01. The Kier molecular flexibility index (Phi) is 4.08. The second-order valence-electron chi connectivity index (χ2n) is 6.01. The minimum absolute atomic E-state index is 0.0610. The lowest BCUT2D eigenvalue weighted by Gasteiger charge is -2.36. The molecular formula is C14H26N2O. The summed E-state index contributed by atoms with van der Waals surface area (Å²) in [4.78, 5) is 14.4. The molecule has 1 aliphatic heterocycles. The lowest BCUT2D eigenvalue weighted by atomic mass is 9.82. The maximum Gasteiger partial charge on any atom is 0.223 e. The number of nitrogens with one attached hydrogen (secondary N) is 1. The van der Waals surface area contributed by atoms with Gasteiger partial charge in [0.25, 0.3) is 0 Å². The molecule has 0 aromatic carbocycles. The summed E-state index contributed by atoms with van der Waals surface area (Å²) < 4.78 is 0. The van der Waals surface area contributed by atoms with E-state index in [0.717, 1.165) is 44.7 Å². The van der Waals surface area contributed by atoms with E-state index < -0.39 is 0 Å². The fourth-order valence-corrected chi connectivity index (χ4v) is 3.26. The van der Waals surface area contributed by atoms with Crippen LogP contribution in [-0.4, -0.2) is 36.5 Å². The van der Waals surface area contributed by atoms with E-state index in [1.54, 1.807) is 0 Å². The molecule has 1 heterocycles. The van der Waals surface area contributed by atoms with E-state index in [0.29, 0.717) is 5.91 Å². The molecule has 3 nitrogen and oxygen atoms in total. The Bertz CT molecular complexity index is 275. The Labute approximate surface area is 105 Å². The summed E-state index contributed by atoms with van der Waals surface area (Å²) in [7, 11) is 1.97. The summed E-state index contributed by atoms with van der Waals surface area (Å²) in [6, 6.07) is 0. The quantitative estimate of drug-likeness (QED) is 0.796. The standard InChI is InChI=1S/C14H26N2O/c1-14(11-15-2)9-4-10-16(14)13(17)8-7-12-5-3-6-12/h12,15H,3-11H2,1-2H3. The van der Waals surface area contributed by atoms with Crippen LogP contribution in [0.3, 0.4) is 0 Å². The van der Waals surface area contributed by atoms with Crippen LogP contribution < -0.4 is 5.32 Å². The van der Waals surface area contributed by atoms with Gasteiger partial charge in [0.2, 0.25) is 5.91 Å². The molecule has 3 heteroatoms. The number of amides is 1. The number of rotatable bonds is 5. The molecule has 0 aromatic rings. The molecule has 1 atom stereocenters. The molecule has 1 saturated heterocycles. The van der Waals surface area contributed by atoms with Crippen LogP contribution in [0.25, 0.3) is 0 Å². The number of carbonyl (C=O) groups is 1. The van der Waals surface area contributed by atoms with Gasteiger partial charge in [-0.05, 0) is 39.2 Å². The fourth-order valence-electron chi connectivity index (χ4n) is 3.26. The van der Waals surface area contributed by atoms with Crippen molar-refractivity contribution in [2.45, 2.75) is 57.4 Å². The number of carbonyl (C=O) groups excluding carboxylic acids is 1. The third-order valence-corrected chi connectivity index (χ3v) is 4.60. The zero-order chi connectivity index (χ0) is 12.3. The first kappa shape index (κ1) is 12.9. The Balaban J connectivity index is 1.84. The van der Waals surface area contributed by atoms with Crippen LogP contribution in [0.1, 0.15) is 51.9 Å². The number of nitrogens with zero attached hydrogens (tertiary/aromatic N) is 1. The summed E-state index contributed by atoms with van der Waals surface area (Å²) in [5.41, 5.74) is 0.0610. The molecule has 2 rings (SSSR count). The maximum absolute atomic E-state index is 12.3. The molecule has 2 aliphatic rings. The van der Waals surface area contributed by atoms with Gasteiger partial charge in [0, 0.05) is 19.5 Å². The Hall–Kier alpha value is -0.570. The summed E-state index contributed by atoms with van der Waals surface area (Å²) in [6.45, 7) is 4.10. The van der Waals surface area contributed by atoms with Crippen LogP contribution in [0.5, 0.6) is 0 Å². The highest BCUT2D eigenvalue weighted by Gasteiger charge is 2.38. The predicted octanol–water partition coefficient (Wildman–Crippen LogP) is 2.17. The lowest BCUT2D eigenvalue weighted by molar-refractivity contribution is -0.135. The largest absolute Gasteiger partial charge is 0.336 e. The van der Waals surface area contributed by atoms with Gasteiger partial charge in [0.15, 0.2) is 0 Å². The lowest BCUT2D eigenvalue weighted by Crippen LogP contribution is -2.50. The van der Waals surface area contributed by atoms with Crippen molar-refractivity contribution < 1.29 is 4.79 Å². The molecule has 1 amide bonds. The molecular weight excluding hydrogens is 212 g/mol. The topological polar surface area (TPSA) is 32.3 Å². The van der Waals surface area contributed by atoms with Crippen LogP contribution in [0, 0.1) is 5.92 Å². The average Bonchev–Trinajstić information content (AvgIpc) is 2.58. The normalized spacial score (nSPS) is 29.4. The summed E-state index contributed by atoms with van der Waals surface area (Å²) >= 11 is 0. The molecule has 1 N–H and O–H groups in total. The first-order chi connectivity index (χ1) is 8.15. The van der Waals surface area contributed by atoms with Gasteiger partial charge in [-0.2, -0.15) is 0 Å². The van der Waals surface area contributed by atoms with Crippen LogP contribution in [-0.2, 0) is 4.79 Å². The van der Waals surface area contributed by atoms with Gasteiger partial charge >= 0.3 is 0 Å². The molecule has 0 radical (unpaired) electrons. The van der Waals surface area contributed by atoms with Gasteiger partial charge in [0.05, 0.1) is 5.54 Å². The minimum Gasteiger partial charge on any atom is -0.336 e. The maximum atomic E-state index is 12.3. The fraction of sp³-hybridized carbons (Fsp3) is 0.929. The second kappa shape index (κ2) is 5.38. The molecule has 2 fully saturated rings. The van der Waals surface area contributed by atoms with Crippen molar-refractivity contribution in [1.82, 2.24) is 10.2 Å². The van der Waals surface area contributed by atoms with Crippen molar-refractivity contribution in [3.63, 3.8) is 0 Å². The number of hydrogen-bond donors (Lipinski definition) is 1. The van der Waals surface area contributed by atoms with Crippen molar-refractivity contribution >= 4 is 5.91 Å². The average molecular weight is 238 g/mol. The van der Waals surface area contributed by atoms with Gasteiger partial charge in [-0.3, -0.25) is 4.79 Å². The van der Waals surface area contributed by atoms with Gasteiger partial charge in [-0.15, -0.1) is 0 Å². The van der Waals surface area contributed by atoms with E-state index in [2.05, 4.69) is 17.1 Å². The number of hydrogen-bond acceptors (Lipinski definition) is 2. The van der Waals surface area contributed by atoms with Crippen molar-refractivity contribution in [2.24, 2.45) is 5.92 Å². The molecule has 1 saturated carbocycles. The van der Waals surface area contributed by atoms with Crippen LogP contribution in [0.2, 0.25) is 0 Å². The van der Waals surface area contributed by atoms with Crippen LogP contribution in [0.15, 0.2) is 0 Å². The molecule has 98 valence electrons. The monoisotopic (exact) mass is 238 g/mol. The van der Waals surface area contributed by atoms with E-state index in [9.17, 15) is 4.79 Å². The van der Waals surface area contributed by atoms with E-state index in [1.165, 1.54) is 19.3 Å². The van der Waals surface area contributed by atoms with Crippen LogP contribution >= 0.6 is 0 Å². The molecule has 17 heavy (non-hydrogen) atoms. The Morgan fingerprint density at radius 1 is 1.41 bits per heavy atom. The summed E-state index contributed by atoms with van der Waals surface area (Å²) in [5, 5.41) is 3.23. The molecule has 0 bridgehead atoms. The Morgan fingerprint density at radius 3 is 2.76 bits per heavy atom. The molecule has 1 unspecified atom stereocenters. The smallest absolute Gasteiger partial charge is 0.223 e. The van der Waals surface area contributed by atoms with E-state index in [1.807, 2.05) is 7.05 Å².